The highest BCUT2D eigenvalue weighted by Gasteiger charge is 2.24. The molecule has 0 bridgehead atoms. The predicted molar refractivity (Wildman–Crippen MR) is 93.1 cm³/mol. The largest absolute Gasteiger partial charge is 0.505 e. The fraction of sp³-hybridized carbons (Fsp3) is 0.158. The zero-order valence-electron chi connectivity index (χ0n) is 13.3. The number of fused-ring (bicyclic) bond motifs is 1. The van der Waals surface area contributed by atoms with Crippen molar-refractivity contribution in [3.05, 3.63) is 71.9 Å². The van der Waals surface area contributed by atoms with Crippen LogP contribution in [0.5, 0.6) is 5.75 Å². The molecule has 2 unspecified atom stereocenters. The first-order valence-electron chi connectivity index (χ1n) is 7.83. The minimum Gasteiger partial charge on any atom is -0.505 e. The number of phenolic OH excluding ortho intramolecular Hbond substituents is 1. The van der Waals surface area contributed by atoms with E-state index in [0.717, 1.165) is 0 Å². The van der Waals surface area contributed by atoms with Crippen molar-refractivity contribution < 1.29 is 20.1 Å². The lowest BCUT2D eigenvalue weighted by Crippen LogP contribution is -2.42. The predicted octanol–water partition coefficient (Wildman–Crippen LogP) is 1.76. The summed E-state index contributed by atoms with van der Waals surface area (Å²) in [6.07, 6.45) is 0.454. The number of amides is 1. The number of carbonyl (C=O) groups is 1. The third-order valence-corrected chi connectivity index (χ3v) is 4.03. The van der Waals surface area contributed by atoms with Crippen molar-refractivity contribution in [3.63, 3.8) is 0 Å². The lowest BCUT2D eigenvalue weighted by atomic mass is 10.0. The Labute approximate surface area is 144 Å². The van der Waals surface area contributed by atoms with Gasteiger partial charge in [-0.15, -0.1) is 0 Å². The number of benzene rings is 2. The van der Waals surface area contributed by atoms with Gasteiger partial charge in [-0.2, -0.15) is 0 Å². The molecule has 2 aromatic carbocycles. The Bertz CT molecular complexity index is 883. The standard InChI is InChI=1S/C19H18N2O4/c22-11-15(17(23)13-5-2-1-3-6-13)21-19(25)14-9-8-12-7-4-10-20-16(12)18(14)24/h1-10,15,17,22-24H,11H2,(H,21,25). The number of aliphatic hydroxyl groups excluding tert-OH is 2. The molecule has 0 saturated heterocycles. The average Bonchev–Trinajstić information content (AvgIpc) is 2.66. The van der Waals surface area contributed by atoms with Crippen LogP contribution in [0.2, 0.25) is 0 Å². The molecule has 1 aromatic heterocycles. The van der Waals surface area contributed by atoms with Crippen molar-refractivity contribution in [2.75, 3.05) is 6.61 Å². The van der Waals surface area contributed by atoms with Crippen LogP contribution in [0.15, 0.2) is 60.8 Å². The van der Waals surface area contributed by atoms with Gasteiger partial charge in [0.05, 0.1) is 18.2 Å². The Hall–Kier alpha value is -2.96. The quantitative estimate of drug-likeness (QED) is 0.568. The van der Waals surface area contributed by atoms with Gasteiger partial charge in [-0.1, -0.05) is 42.5 Å². The second-order valence-electron chi connectivity index (χ2n) is 5.65. The summed E-state index contributed by atoms with van der Waals surface area (Å²) in [6, 6.07) is 14.5. The fourth-order valence-electron chi connectivity index (χ4n) is 2.67. The molecule has 3 aromatic rings. The number of rotatable bonds is 5. The van der Waals surface area contributed by atoms with Crippen LogP contribution in [0.25, 0.3) is 10.9 Å². The highest BCUT2D eigenvalue weighted by atomic mass is 16.3. The number of carbonyl (C=O) groups excluding carboxylic acids is 1. The van der Waals surface area contributed by atoms with Gasteiger partial charge >= 0.3 is 0 Å². The van der Waals surface area contributed by atoms with Crippen molar-refractivity contribution in [2.45, 2.75) is 12.1 Å². The van der Waals surface area contributed by atoms with Crippen LogP contribution in [-0.4, -0.2) is 38.9 Å². The monoisotopic (exact) mass is 338 g/mol. The molecule has 0 aliphatic heterocycles. The van der Waals surface area contributed by atoms with Gasteiger partial charge < -0.3 is 20.6 Å². The van der Waals surface area contributed by atoms with Gasteiger partial charge in [0.2, 0.25) is 0 Å². The zero-order valence-corrected chi connectivity index (χ0v) is 13.3. The van der Waals surface area contributed by atoms with E-state index in [-0.39, 0.29) is 11.3 Å². The molecule has 1 amide bonds. The molecule has 6 heteroatoms. The topological polar surface area (TPSA) is 103 Å². The molecule has 3 rings (SSSR count). The van der Waals surface area contributed by atoms with Crippen LogP contribution in [0.3, 0.4) is 0 Å². The van der Waals surface area contributed by atoms with Gasteiger partial charge in [-0.25, -0.2) is 0 Å². The number of hydrogen-bond acceptors (Lipinski definition) is 5. The van der Waals surface area contributed by atoms with Gasteiger partial charge in [0.15, 0.2) is 5.75 Å². The SMILES string of the molecule is O=C(NC(CO)C(O)c1ccccc1)c1ccc2cccnc2c1O. The Balaban J connectivity index is 1.84. The normalized spacial score (nSPS) is 13.4. The van der Waals surface area contributed by atoms with Crippen LogP contribution in [0.1, 0.15) is 22.0 Å². The average molecular weight is 338 g/mol. The van der Waals surface area contributed by atoms with E-state index < -0.39 is 24.7 Å². The summed E-state index contributed by atoms with van der Waals surface area (Å²) in [7, 11) is 0. The number of aromatic nitrogens is 1. The number of aliphatic hydroxyl groups is 2. The first-order chi connectivity index (χ1) is 12.1. The molecule has 128 valence electrons. The third kappa shape index (κ3) is 3.45. The second-order valence-corrected chi connectivity index (χ2v) is 5.65. The fourth-order valence-corrected chi connectivity index (χ4v) is 2.67. The summed E-state index contributed by atoms with van der Waals surface area (Å²) >= 11 is 0. The van der Waals surface area contributed by atoms with Crippen LogP contribution in [-0.2, 0) is 0 Å². The molecule has 6 nitrogen and oxygen atoms in total. The van der Waals surface area contributed by atoms with Crippen molar-refractivity contribution >= 4 is 16.8 Å². The van der Waals surface area contributed by atoms with Crippen molar-refractivity contribution in [1.82, 2.24) is 10.3 Å². The Morgan fingerprint density at radius 2 is 1.84 bits per heavy atom. The van der Waals surface area contributed by atoms with Crippen molar-refractivity contribution in [1.29, 1.82) is 0 Å². The Kier molecular flexibility index (Phi) is 4.92. The molecule has 0 saturated carbocycles. The van der Waals surface area contributed by atoms with E-state index in [2.05, 4.69) is 10.3 Å². The maximum Gasteiger partial charge on any atom is 0.255 e. The van der Waals surface area contributed by atoms with E-state index in [0.29, 0.717) is 16.5 Å². The highest BCUT2D eigenvalue weighted by Crippen LogP contribution is 2.27. The van der Waals surface area contributed by atoms with E-state index in [9.17, 15) is 20.1 Å². The molecule has 2 atom stereocenters. The summed E-state index contributed by atoms with van der Waals surface area (Å²) < 4.78 is 0. The van der Waals surface area contributed by atoms with E-state index >= 15 is 0 Å². The highest BCUT2D eigenvalue weighted by molar-refractivity contribution is 6.02. The molecular weight excluding hydrogens is 320 g/mol. The van der Waals surface area contributed by atoms with Crippen LogP contribution < -0.4 is 5.32 Å². The van der Waals surface area contributed by atoms with E-state index in [4.69, 9.17) is 0 Å². The lowest BCUT2D eigenvalue weighted by molar-refractivity contribution is 0.0701. The number of phenols is 1. The molecule has 1 heterocycles. The molecular formula is C19H18N2O4. The van der Waals surface area contributed by atoms with Crippen molar-refractivity contribution in [2.24, 2.45) is 0 Å². The minimum atomic E-state index is -1.07. The van der Waals surface area contributed by atoms with Gasteiger partial charge in [-0.3, -0.25) is 9.78 Å². The van der Waals surface area contributed by atoms with Gasteiger partial charge in [0.1, 0.15) is 11.6 Å². The zero-order chi connectivity index (χ0) is 17.8. The Morgan fingerprint density at radius 3 is 2.56 bits per heavy atom. The summed E-state index contributed by atoms with van der Waals surface area (Å²) in [5.41, 5.74) is 0.926. The van der Waals surface area contributed by atoms with Crippen LogP contribution in [0, 0.1) is 0 Å². The van der Waals surface area contributed by atoms with E-state index in [1.807, 2.05) is 6.07 Å². The molecule has 25 heavy (non-hydrogen) atoms. The minimum absolute atomic E-state index is 0.0323. The summed E-state index contributed by atoms with van der Waals surface area (Å²) in [6.45, 7) is -0.450. The van der Waals surface area contributed by atoms with Crippen LogP contribution >= 0.6 is 0 Å². The van der Waals surface area contributed by atoms with E-state index in [1.165, 1.54) is 12.3 Å². The number of hydrogen-bond donors (Lipinski definition) is 4. The van der Waals surface area contributed by atoms with Crippen LogP contribution in [0.4, 0.5) is 0 Å². The first kappa shape index (κ1) is 16.9. The van der Waals surface area contributed by atoms with Crippen molar-refractivity contribution in [3.8, 4) is 5.75 Å². The van der Waals surface area contributed by atoms with Gasteiger partial charge in [0.25, 0.3) is 5.91 Å². The maximum atomic E-state index is 12.5. The number of pyridine rings is 1. The number of nitrogens with zero attached hydrogens (tertiary/aromatic N) is 1. The molecule has 0 aliphatic rings. The maximum absolute atomic E-state index is 12.5. The smallest absolute Gasteiger partial charge is 0.255 e. The molecule has 0 aliphatic carbocycles. The number of aromatic hydroxyl groups is 1. The molecule has 0 spiro atoms. The van der Waals surface area contributed by atoms with E-state index in [1.54, 1.807) is 42.5 Å². The first-order valence-corrected chi connectivity index (χ1v) is 7.83. The lowest BCUT2D eigenvalue weighted by Gasteiger charge is -2.23. The summed E-state index contributed by atoms with van der Waals surface area (Å²) in [4.78, 5) is 16.6. The van der Waals surface area contributed by atoms with Gasteiger partial charge in [-0.05, 0) is 17.7 Å². The Morgan fingerprint density at radius 1 is 1.08 bits per heavy atom. The summed E-state index contributed by atoms with van der Waals surface area (Å²) in [5.74, 6) is -0.833. The number of nitrogens with one attached hydrogen (secondary N) is 1. The summed E-state index contributed by atoms with van der Waals surface area (Å²) in [5, 5.41) is 33.5. The molecule has 4 N–H and O–H groups in total. The molecule has 0 fully saturated rings. The van der Waals surface area contributed by atoms with Gasteiger partial charge in [0, 0.05) is 11.6 Å². The molecule has 0 radical (unpaired) electrons. The third-order valence-electron chi connectivity index (χ3n) is 4.03. The second kappa shape index (κ2) is 7.29.